The Hall–Kier alpha value is -1.84. The van der Waals surface area contributed by atoms with Gasteiger partial charge in [-0.2, -0.15) is 0 Å². The van der Waals surface area contributed by atoms with Crippen LogP contribution in [-0.4, -0.2) is 10.6 Å². The van der Waals surface area contributed by atoms with Gasteiger partial charge in [0.15, 0.2) is 0 Å². The highest BCUT2D eigenvalue weighted by Gasteiger charge is 2.18. The lowest BCUT2D eigenvalue weighted by atomic mass is 10.1. The second kappa shape index (κ2) is 5.17. The fourth-order valence-corrected chi connectivity index (χ4v) is 2.50. The van der Waals surface area contributed by atoms with Crippen LogP contribution in [0.3, 0.4) is 0 Å². The van der Waals surface area contributed by atoms with E-state index < -0.39 is 0 Å². The largest absolute Gasteiger partial charge is 0.354 e. The summed E-state index contributed by atoms with van der Waals surface area (Å²) in [4.78, 5) is 14.5. The summed E-state index contributed by atoms with van der Waals surface area (Å²) in [5.74, 6) is 0. The van der Waals surface area contributed by atoms with E-state index in [0.717, 1.165) is 16.6 Å². The molecule has 110 valence electrons. The SMILES string of the molecule is CC(OOC(C)(C)C)c1cccc2c1[nH]c1ccccc12. The number of aromatic amines is 1. The van der Waals surface area contributed by atoms with Crippen LogP contribution >= 0.6 is 0 Å². The van der Waals surface area contributed by atoms with Gasteiger partial charge >= 0.3 is 0 Å². The lowest BCUT2D eigenvalue weighted by molar-refractivity contribution is -0.372. The van der Waals surface area contributed by atoms with E-state index in [9.17, 15) is 0 Å². The molecule has 1 atom stereocenters. The van der Waals surface area contributed by atoms with E-state index in [-0.39, 0.29) is 11.7 Å². The van der Waals surface area contributed by atoms with Crippen molar-refractivity contribution in [1.82, 2.24) is 4.98 Å². The van der Waals surface area contributed by atoms with E-state index in [1.165, 1.54) is 10.8 Å². The molecule has 1 N–H and O–H groups in total. The van der Waals surface area contributed by atoms with Crippen LogP contribution in [0, 0.1) is 0 Å². The Morgan fingerprint density at radius 2 is 1.67 bits per heavy atom. The molecule has 0 fully saturated rings. The number of nitrogens with one attached hydrogen (secondary N) is 1. The fourth-order valence-electron chi connectivity index (χ4n) is 2.50. The minimum atomic E-state index is -0.317. The van der Waals surface area contributed by atoms with Crippen LogP contribution in [0.2, 0.25) is 0 Å². The average molecular weight is 283 g/mol. The quantitative estimate of drug-likeness (QED) is 0.534. The van der Waals surface area contributed by atoms with Gasteiger partial charge in [-0.3, -0.25) is 0 Å². The van der Waals surface area contributed by atoms with Crippen LogP contribution < -0.4 is 0 Å². The van der Waals surface area contributed by atoms with Crippen LogP contribution in [0.25, 0.3) is 21.8 Å². The molecule has 3 rings (SSSR count). The number of rotatable bonds is 3. The fraction of sp³-hybridized carbons (Fsp3) is 0.333. The van der Waals surface area contributed by atoms with E-state index in [1.807, 2.05) is 33.8 Å². The number of H-pyrrole nitrogens is 1. The van der Waals surface area contributed by atoms with E-state index in [4.69, 9.17) is 9.78 Å². The third-order valence-corrected chi connectivity index (χ3v) is 3.45. The Balaban J connectivity index is 2.02. The van der Waals surface area contributed by atoms with E-state index >= 15 is 0 Å². The van der Waals surface area contributed by atoms with Gasteiger partial charge in [0.2, 0.25) is 0 Å². The predicted molar refractivity (Wildman–Crippen MR) is 86.1 cm³/mol. The lowest BCUT2D eigenvalue weighted by Crippen LogP contribution is -2.20. The van der Waals surface area contributed by atoms with Crippen molar-refractivity contribution < 1.29 is 9.78 Å². The van der Waals surface area contributed by atoms with Gasteiger partial charge in [-0.15, -0.1) is 0 Å². The first-order valence-electron chi connectivity index (χ1n) is 7.29. The number of hydrogen-bond donors (Lipinski definition) is 1. The highest BCUT2D eigenvalue weighted by atomic mass is 17.2. The third kappa shape index (κ3) is 2.80. The molecule has 0 saturated carbocycles. The maximum Gasteiger partial charge on any atom is 0.117 e. The third-order valence-electron chi connectivity index (χ3n) is 3.45. The molecule has 0 aliphatic carbocycles. The van der Waals surface area contributed by atoms with Gasteiger partial charge in [-0.25, -0.2) is 9.78 Å². The summed E-state index contributed by atoms with van der Waals surface area (Å²) in [6.45, 7) is 7.93. The van der Waals surface area contributed by atoms with Crippen molar-refractivity contribution in [1.29, 1.82) is 0 Å². The normalized spacial score (nSPS) is 13.9. The second-order valence-corrected chi connectivity index (χ2v) is 6.37. The Morgan fingerprint density at radius 3 is 2.43 bits per heavy atom. The second-order valence-electron chi connectivity index (χ2n) is 6.37. The summed E-state index contributed by atoms with van der Waals surface area (Å²) in [5, 5.41) is 2.45. The van der Waals surface area contributed by atoms with Crippen molar-refractivity contribution in [3.8, 4) is 0 Å². The molecule has 1 aromatic heterocycles. The van der Waals surface area contributed by atoms with Gasteiger partial charge in [0, 0.05) is 21.9 Å². The summed E-state index contributed by atoms with van der Waals surface area (Å²) >= 11 is 0. The standard InChI is InChI=1S/C18H21NO2/c1-12(20-21-18(2,3)4)13-9-7-10-15-14-8-5-6-11-16(14)19-17(13)15/h5-12,19H,1-4H3. The first-order chi connectivity index (χ1) is 9.96. The van der Waals surface area contributed by atoms with Crippen LogP contribution in [-0.2, 0) is 9.78 Å². The number of hydrogen-bond acceptors (Lipinski definition) is 2. The van der Waals surface area contributed by atoms with Crippen molar-refractivity contribution in [3.63, 3.8) is 0 Å². The molecular formula is C18H21NO2. The monoisotopic (exact) mass is 283 g/mol. The zero-order valence-corrected chi connectivity index (χ0v) is 12.9. The Bertz CT molecular complexity index is 768. The highest BCUT2D eigenvalue weighted by molar-refractivity contribution is 6.08. The van der Waals surface area contributed by atoms with Gasteiger partial charge in [0.05, 0.1) is 11.1 Å². The Kier molecular flexibility index (Phi) is 3.47. The molecule has 2 aromatic carbocycles. The highest BCUT2D eigenvalue weighted by Crippen LogP contribution is 2.32. The lowest BCUT2D eigenvalue weighted by Gasteiger charge is -2.21. The molecule has 0 radical (unpaired) electrons. The topological polar surface area (TPSA) is 34.2 Å². The van der Waals surface area contributed by atoms with Gasteiger partial charge in [0.25, 0.3) is 0 Å². The molecule has 0 spiro atoms. The number of para-hydroxylation sites is 2. The zero-order chi connectivity index (χ0) is 15.0. The van der Waals surface area contributed by atoms with Gasteiger partial charge in [0.1, 0.15) is 6.10 Å². The molecule has 0 amide bonds. The first-order valence-corrected chi connectivity index (χ1v) is 7.29. The van der Waals surface area contributed by atoms with Gasteiger partial charge in [-0.05, 0) is 33.8 Å². The number of fused-ring (bicyclic) bond motifs is 3. The van der Waals surface area contributed by atoms with Crippen molar-refractivity contribution in [3.05, 3.63) is 48.0 Å². The van der Waals surface area contributed by atoms with Gasteiger partial charge < -0.3 is 4.98 Å². The maximum atomic E-state index is 5.58. The Morgan fingerprint density at radius 1 is 0.952 bits per heavy atom. The summed E-state index contributed by atoms with van der Waals surface area (Å²) in [6.07, 6.45) is -0.138. The molecule has 0 aliphatic rings. The minimum Gasteiger partial charge on any atom is -0.354 e. The van der Waals surface area contributed by atoms with E-state index in [0.29, 0.717) is 0 Å². The molecule has 21 heavy (non-hydrogen) atoms. The number of aromatic nitrogens is 1. The summed E-state index contributed by atoms with van der Waals surface area (Å²) in [7, 11) is 0. The van der Waals surface area contributed by atoms with Crippen molar-refractivity contribution >= 4 is 21.8 Å². The molecule has 3 heteroatoms. The van der Waals surface area contributed by atoms with E-state index in [2.05, 4.69) is 41.4 Å². The molecular weight excluding hydrogens is 262 g/mol. The van der Waals surface area contributed by atoms with Crippen LogP contribution in [0.4, 0.5) is 0 Å². The van der Waals surface area contributed by atoms with Gasteiger partial charge in [-0.1, -0.05) is 36.4 Å². The van der Waals surface area contributed by atoms with Crippen LogP contribution in [0.1, 0.15) is 39.4 Å². The number of benzene rings is 2. The summed E-state index contributed by atoms with van der Waals surface area (Å²) in [6, 6.07) is 14.6. The molecule has 1 unspecified atom stereocenters. The zero-order valence-electron chi connectivity index (χ0n) is 12.9. The molecule has 1 heterocycles. The first kappa shape index (κ1) is 14.1. The van der Waals surface area contributed by atoms with Crippen molar-refractivity contribution in [2.75, 3.05) is 0 Å². The predicted octanol–water partition coefficient (Wildman–Crippen LogP) is 5.13. The Labute approximate surface area is 124 Å². The molecule has 0 saturated heterocycles. The van der Waals surface area contributed by atoms with E-state index in [1.54, 1.807) is 0 Å². The van der Waals surface area contributed by atoms with Crippen LogP contribution in [0.5, 0.6) is 0 Å². The van der Waals surface area contributed by atoms with Crippen LogP contribution in [0.15, 0.2) is 42.5 Å². The summed E-state index contributed by atoms with van der Waals surface area (Å²) < 4.78 is 0. The maximum absolute atomic E-state index is 5.58. The molecule has 3 aromatic rings. The average Bonchev–Trinajstić information content (AvgIpc) is 2.82. The smallest absolute Gasteiger partial charge is 0.117 e. The molecule has 0 bridgehead atoms. The van der Waals surface area contributed by atoms with Crippen molar-refractivity contribution in [2.45, 2.75) is 39.4 Å². The molecule has 3 nitrogen and oxygen atoms in total. The molecule has 0 aliphatic heterocycles. The van der Waals surface area contributed by atoms with Crippen molar-refractivity contribution in [2.24, 2.45) is 0 Å². The minimum absolute atomic E-state index is 0.138. The summed E-state index contributed by atoms with van der Waals surface area (Å²) in [5.41, 5.74) is 3.04.